The standard InChI is InChI=1S/C22H26FNO/c1-22(2,3)19-11-6-18(7-12-19)10-15-21(25)24-16-4-5-17-8-13-20(23)14-9-17/h6-15H,4-5,16H2,1-3H3,(H,24,25)/b15-10+. The minimum atomic E-state index is -0.224. The Bertz CT molecular complexity index is 709. The van der Waals surface area contributed by atoms with Gasteiger partial charge in [0.1, 0.15) is 5.82 Å². The van der Waals surface area contributed by atoms with E-state index in [2.05, 4.69) is 38.2 Å². The molecule has 0 fully saturated rings. The van der Waals surface area contributed by atoms with Gasteiger partial charge < -0.3 is 5.32 Å². The first-order chi connectivity index (χ1) is 11.8. The van der Waals surface area contributed by atoms with E-state index in [9.17, 15) is 9.18 Å². The zero-order chi connectivity index (χ0) is 18.3. The monoisotopic (exact) mass is 339 g/mol. The summed E-state index contributed by atoms with van der Waals surface area (Å²) in [7, 11) is 0. The SMILES string of the molecule is CC(C)(C)c1ccc(/C=C/C(=O)NCCCc2ccc(F)cc2)cc1. The lowest BCUT2D eigenvalue weighted by atomic mass is 9.87. The highest BCUT2D eigenvalue weighted by atomic mass is 19.1. The van der Waals surface area contributed by atoms with Crippen molar-refractivity contribution in [2.75, 3.05) is 6.54 Å². The molecule has 25 heavy (non-hydrogen) atoms. The summed E-state index contributed by atoms with van der Waals surface area (Å²) in [5.74, 6) is -0.322. The van der Waals surface area contributed by atoms with Crippen LogP contribution in [0.25, 0.3) is 6.08 Å². The molecule has 0 saturated carbocycles. The van der Waals surface area contributed by atoms with E-state index in [0.717, 1.165) is 24.0 Å². The summed E-state index contributed by atoms with van der Waals surface area (Å²) >= 11 is 0. The van der Waals surface area contributed by atoms with Gasteiger partial charge in [0.25, 0.3) is 0 Å². The normalized spacial score (nSPS) is 11.7. The molecule has 0 spiro atoms. The van der Waals surface area contributed by atoms with E-state index in [-0.39, 0.29) is 17.1 Å². The van der Waals surface area contributed by atoms with Crippen molar-refractivity contribution in [3.05, 3.63) is 77.1 Å². The third-order valence-corrected chi connectivity index (χ3v) is 4.06. The molecule has 2 aromatic carbocycles. The first-order valence-corrected chi connectivity index (χ1v) is 8.65. The summed E-state index contributed by atoms with van der Waals surface area (Å²) in [6.07, 6.45) is 5.02. The Hall–Kier alpha value is -2.42. The predicted molar refractivity (Wildman–Crippen MR) is 102 cm³/mol. The lowest BCUT2D eigenvalue weighted by Gasteiger charge is -2.18. The van der Waals surface area contributed by atoms with E-state index in [4.69, 9.17) is 0 Å². The first kappa shape index (κ1) is 18.9. The van der Waals surface area contributed by atoms with Crippen LogP contribution < -0.4 is 5.32 Å². The molecule has 3 heteroatoms. The molecular formula is C22H26FNO. The van der Waals surface area contributed by atoms with Gasteiger partial charge in [-0.05, 0) is 53.2 Å². The molecule has 0 saturated heterocycles. The van der Waals surface area contributed by atoms with Gasteiger partial charge in [-0.2, -0.15) is 0 Å². The van der Waals surface area contributed by atoms with Crippen molar-refractivity contribution in [3.63, 3.8) is 0 Å². The maximum absolute atomic E-state index is 12.8. The van der Waals surface area contributed by atoms with Gasteiger partial charge in [0.05, 0.1) is 0 Å². The number of halogens is 1. The van der Waals surface area contributed by atoms with E-state index in [1.807, 2.05) is 18.2 Å². The lowest BCUT2D eigenvalue weighted by molar-refractivity contribution is -0.116. The van der Waals surface area contributed by atoms with Crippen LogP contribution in [0, 0.1) is 5.82 Å². The second-order valence-electron chi connectivity index (χ2n) is 7.23. The van der Waals surface area contributed by atoms with Crippen molar-refractivity contribution in [1.82, 2.24) is 5.32 Å². The van der Waals surface area contributed by atoms with Gasteiger partial charge in [-0.25, -0.2) is 4.39 Å². The molecule has 0 atom stereocenters. The Labute approximate surface area is 149 Å². The van der Waals surface area contributed by atoms with E-state index in [0.29, 0.717) is 6.54 Å². The molecule has 0 aliphatic rings. The van der Waals surface area contributed by atoms with Crippen LogP contribution in [0.15, 0.2) is 54.6 Å². The number of benzene rings is 2. The van der Waals surface area contributed by atoms with Crippen LogP contribution in [-0.2, 0) is 16.6 Å². The van der Waals surface area contributed by atoms with E-state index < -0.39 is 0 Å². The van der Waals surface area contributed by atoms with Crippen LogP contribution >= 0.6 is 0 Å². The lowest BCUT2D eigenvalue weighted by Crippen LogP contribution is -2.22. The summed E-state index contributed by atoms with van der Waals surface area (Å²) in [5.41, 5.74) is 3.49. The number of amides is 1. The van der Waals surface area contributed by atoms with Crippen molar-refractivity contribution in [2.24, 2.45) is 0 Å². The number of rotatable bonds is 6. The number of hydrogen-bond acceptors (Lipinski definition) is 1. The smallest absolute Gasteiger partial charge is 0.243 e. The van der Waals surface area contributed by atoms with Crippen LogP contribution in [0.4, 0.5) is 4.39 Å². The number of carbonyl (C=O) groups excluding carboxylic acids is 1. The third-order valence-electron chi connectivity index (χ3n) is 4.06. The summed E-state index contributed by atoms with van der Waals surface area (Å²) in [6, 6.07) is 14.7. The fraction of sp³-hybridized carbons (Fsp3) is 0.318. The topological polar surface area (TPSA) is 29.1 Å². The highest BCUT2D eigenvalue weighted by molar-refractivity contribution is 5.91. The molecular weight excluding hydrogens is 313 g/mol. The average molecular weight is 339 g/mol. The maximum Gasteiger partial charge on any atom is 0.243 e. The molecule has 1 N–H and O–H groups in total. The van der Waals surface area contributed by atoms with Gasteiger partial charge in [0.2, 0.25) is 5.91 Å². The first-order valence-electron chi connectivity index (χ1n) is 8.65. The molecule has 2 nitrogen and oxygen atoms in total. The fourth-order valence-electron chi connectivity index (χ4n) is 2.48. The Morgan fingerprint density at radius 3 is 2.28 bits per heavy atom. The van der Waals surface area contributed by atoms with Crippen LogP contribution in [0.2, 0.25) is 0 Å². The van der Waals surface area contributed by atoms with Crippen molar-refractivity contribution >= 4 is 12.0 Å². The summed E-state index contributed by atoms with van der Waals surface area (Å²) in [5, 5.41) is 2.87. The molecule has 0 aromatic heterocycles. The predicted octanol–water partition coefficient (Wildman–Crippen LogP) is 4.89. The number of carbonyl (C=O) groups is 1. The van der Waals surface area contributed by atoms with Gasteiger partial charge >= 0.3 is 0 Å². The molecule has 1 amide bonds. The van der Waals surface area contributed by atoms with Gasteiger partial charge in [-0.1, -0.05) is 57.2 Å². The molecule has 2 aromatic rings. The van der Waals surface area contributed by atoms with Crippen molar-refractivity contribution < 1.29 is 9.18 Å². The highest BCUT2D eigenvalue weighted by Gasteiger charge is 2.12. The summed E-state index contributed by atoms with van der Waals surface area (Å²) in [6.45, 7) is 7.13. The molecule has 132 valence electrons. The number of aryl methyl sites for hydroxylation is 1. The Kier molecular flexibility index (Phi) is 6.51. The number of nitrogens with one attached hydrogen (secondary N) is 1. The van der Waals surface area contributed by atoms with E-state index >= 15 is 0 Å². The largest absolute Gasteiger partial charge is 0.353 e. The molecule has 0 aliphatic carbocycles. The van der Waals surface area contributed by atoms with Crippen molar-refractivity contribution in [2.45, 2.75) is 39.0 Å². The van der Waals surface area contributed by atoms with Crippen molar-refractivity contribution in [1.29, 1.82) is 0 Å². The van der Waals surface area contributed by atoms with E-state index in [1.54, 1.807) is 18.2 Å². The molecule has 0 radical (unpaired) electrons. The van der Waals surface area contributed by atoms with Gasteiger partial charge in [0, 0.05) is 12.6 Å². The van der Waals surface area contributed by atoms with Crippen LogP contribution in [0.1, 0.15) is 43.9 Å². The van der Waals surface area contributed by atoms with Gasteiger partial charge in [-0.3, -0.25) is 4.79 Å². The van der Waals surface area contributed by atoms with Crippen molar-refractivity contribution in [3.8, 4) is 0 Å². The summed E-state index contributed by atoms with van der Waals surface area (Å²) < 4.78 is 12.8. The van der Waals surface area contributed by atoms with E-state index in [1.165, 1.54) is 17.7 Å². The zero-order valence-electron chi connectivity index (χ0n) is 15.2. The van der Waals surface area contributed by atoms with Crippen LogP contribution in [-0.4, -0.2) is 12.5 Å². The Morgan fingerprint density at radius 2 is 1.68 bits per heavy atom. The molecule has 0 aliphatic heterocycles. The second kappa shape index (κ2) is 8.61. The fourth-order valence-corrected chi connectivity index (χ4v) is 2.48. The molecule has 0 heterocycles. The zero-order valence-corrected chi connectivity index (χ0v) is 15.2. The quantitative estimate of drug-likeness (QED) is 0.589. The molecule has 0 unspecified atom stereocenters. The highest BCUT2D eigenvalue weighted by Crippen LogP contribution is 2.22. The molecule has 2 rings (SSSR count). The second-order valence-corrected chi connectivity index (χ2v) is 7.23. The number of hydrogen-bond donors (Lipinski definition) is 1. The van der Waals surface area contributed by atoms with Gasteiger partial charge in [-0.15, -0.1) is 0 Å². The minimum absolute atomic E-state index is 0.0981. The Morgan fingerprint density at radius 1 is 1.04 bits per heavy atom. The van der Waals surface area contributed by atoms with Crippen LogP contribution in [0.3, 0.4) is 0 Å². The molecule has 0 bridgehead atoms. The third kappa shape index (κ3) is 6.54. The van der Waals surface area contributed by atoms with Gasteiger partial charge in [0.15, 0.2) is 0 Å². The van der Waals surface area contributed by atoms with Crippen LogP contribution in [0.5, 0.6) is 0 Å². The summed E-state index contributed by atoms with van der Waals surface area (Å²) in [4.78, 5) is 11.9. The maximum atomic E-state index is 12.8. The average Bonchev–Trinajstić information content (AvgIpc) is 2.58. The Balaban J connectivity index is 1.74. The minimum Gasteiger partial charge on any atom is -0.353 e.